The number of unbranched alkanes of at least 4 members (excludes halogenated alkanes) is 1. The van der Waals surface area contributed by atoms with Gasteiger partial charge in [-0.3, -0.25) is 4.99 Å². The van der Waals surface area contributed by atoms with E-state index in [1.807, 2.05) is 7.05 Å². The first-order valence-corrected chi connectivity index (χ1v) is 9.22. The molecule has 0 aromatic carbocycles. The average Bonchev–Trinajstić information content (AvgIpc) is 2.55. The fourth-order valence-electron chi connectivity index (χ4n) is 2.88. The molecule has 0 aromatic heterocycles. The Morgan fingerprint density at radius 1 is 1.25 bits per heavy atom. The quantitative estimate of drug-likeness (QED) is 0.178. The summed E-state index contributed by atoms with van der Waals surface area (Å²) in [5.74, 6) is 1.02. The van der Waals surface area contributed by atoms with Crippen LogP contribution < -0.4 is 5.73 Å². The summed E-state index contributed by atoms with van der Waals surface area (Å²) in [7, 11) is 2.02. The molecule has 1 atom stereocenters. The minimum absolute atomic E-state index is 0.450. The fraction of sp³-hybridized carbons (Fsp3) is 0.667. The molecule has 0 rings (SSSR count). The number of rotatable bonds is 11. The lowest BCUT2D eigenvalue weighted by Gasteiger charge is -2.28. The Hall–Kier alpha value is -1.51. The van der Waals surface area contributed by atoms with Crippen molar-refractivity contribution < 1.29 is 0 Å². The first kappa shape index (κ1) is 22.5. The van der Waals surface area contributed by atoms with Crippen molar-refractivity contribution >= 4 is 6.34 Å². The number of hydrogen-bond donors (Lipinski definition) is 1. The van der Waals surface area contributed by atoms with E-state index >= 15 is 0 Å². The molecule has 3 heteroatoms. The predicted octanol–water partition coefficient (Wildman–Crippen LogP) is 5.51. The number of nitrogens with two attached hydrogens (primary N) is 1. The maximum absolute atomic E-state index is 5.36. The highest BCUT2D eigenvalue weighted by Gasteiger charge is 2.17. The normalized spacial score (nSPS) is 14.9. The molecule has 0 aliphatic rings. The van der Waals surface area contributed by atoms with Crippen LogP contribution in [0.3, 0.4) is 0 Å². The van der Waals surface area contributed by atoms with Crippen molar-refractivity contribution in [1.82, 2.24) is 4.90 Å². The minimum atomic E-state index is 0.450. The molecular formula is C21H39N3. The Morgan fingerprint density at radius 2 is 1.88 bits per heavy atom. The van der Waals surface area contributed by atoms with E-state index in [4.69, 9.17) is 5.73 Å². The molecule has 0 aliphatic heterocycles. The third-order valence-electron chi connectivity index (χ3n) is 4.80. The molecule has 0 aromatic rings. The summed E-state index contributed by atoms with van der Waals surface area (Å²) in [4.78, 5) is 6.18. The van der Waals surface area contributed by atoms with Crippen molar-refractivity contribution in [2.24, 2.45) is 22.6 Å². The molecule has 0 saturated carbocycles. The molecule has 1 unspecified atom stereocenters. The van der Waals surface area contributed by atoms with Gasteiger partial charge in [0.15, 0.2) is 0 Å². The first-order valence-electron chi connectivity index (χ1n) is 9.22. The van der Waals surface area contributed by atoms with Crippen LogP contribution in [0.1, 0.15) is 67.2 Å². The SMILES string of the molecule is C=C(/C(=C(/C)C(C)CCC/C=C(/C)CC)C(C)C)N(C)C/N=C\N. The summed E-state index contributed by atoms with van der Waals surface area (Å²) in [5.41, 5.74) is 10.7. The number of aliphatic imine (C=N–C) groups is 1. The molecule has 0 aliphatic carbocycles. The predicted molar refractivity (Wildman–Crippen MR) is 109 cm³/mol. The van der Waals surface area contributed by atoms with E-state index in [9.17, 15) is 0 Å². The van der Waals surface area contributed by atoms with Crippen molar-refractivity contribution in [3.63, 3.8) is 0 Å². The molecule has 0 amide bonds. The molecule has 24 heavy (non-hydrogen) atoms. The summed E-state index contributed by atoms with van der Waals surface area (Å²) >= 11 is 0. The second-order valence-electron chi connectivity index (χ2n) is 7.11. The van der Waals surface area contributed by atoms with Gasteiger partial charge in [0.05, 0.1) is 6.34 Å². The Kier molecular flexibility index (Phi) is 11.2. The van der Waals surface area contributed by atoms with Gasteiger partial charge >= 0.3 is 0 Å². The second kappa shape index (κ2) is 11.9. The van der Waals surface area contributed by atoms with Crippen molar-refractivity contribution in [2.45, 2.75) is 67.2 Å². The van der Waals surface area contributed by atoms with Crippen LogP contribution in [0.25, 0.3) is 0 Å². The zero-order chi connectivity index (χ0) is 18.7. The fourth-order valence-corrected chi connectivity index (χ4v) is 2.88. The standard InChI is InChI=1S/C21H39N3/c1-9-17(4)12-10-11-13-18(5)19(6)21(16(2)3)20(7)24(8)15-23-14-22/h12,14,16,18H,7,9-11,13,15H2,1-6,8H3,(H2,22,23)/b17-12-,21-19-. The summed E-state index contributed by atoms with van der Waals surface area (Å²) in [6, 6.07) is 0. The smallest absolute Gasteiger partial charge is 0.111 e. The second-order valence-corrected chi connectivity index (χ2v) is 7.11. The lowest BCUT2D eigenvalue weighted by Crippen LogP contribution is -2.22. The third kappa shape index (κ3) is 7.85. The third-order valence-corrected chi connectivity index (χ3v) is 4.80. The summed E-state index contributed by atoms with van der Waals surface area (Å²) in [6.07, 6.45) is 8.52. The van der Waals surface area contributed by atoms with Crippen LogP contribution in [-0.4, -0.2) is 25.0 Å². The first-order chi connectivity index (χ1) is 11.3. The molecule has 0 saturated heterocycles. The van der Waals surface area contributed by atoms with Gasteiger partial charge in [-0.25, -0.2) is 0 Å². The largest absolute Gasteiger partial charge is 0.390 e. The molecule has 0 heterocycles. The average molecular weight is 334 g/mol. The van der Waals surface area contributed by atoms with Crippen LogP contribution in [0, 0.1) is 11.8 Å². The van der Waals surface area contributed by atoms with E-state index in [-0.39, 0.29) is 0 Å². The van der Waals surface area contributed by atoms with Crippen molar-refractivity contribution in [3.8, 4) is 0 Å². The molecule has 2 N–H and O–H groups in total. The molecule has 0 bridgehead atoms. The molecule has 0 spiro atoms. The lowest BCUT2D eigenvalue weighted by molar-refractivity contribution is 0.428. The summed E-state index contributed by atoms with van der Waals surface area (Å²) < 4.78 is 0. The summed E-state index contributed by atoms with van der Waals surface area (Å²) in [6.45, 7) is 18.4. The van der Waals surface area contributed by atoms with E-state index in [1.54, 1.807) is 0 Å². The van der Waals surface area contributed by atoms with E-state index in [0.717, 1.165) is 12.1 Å². The molecule has 3 nitrogen and oxygen atoms in total. The monoisotopic (exact) mass is 333 g/mol. The molecule has 0 radical (unpaired) electrons. The highest BCUT2D eigenvalue weighted by molar-refractivity contribution is 5.51. The van der Waals surface area contributed by atoms with Crippen molar-refractivity contribution in [3.05, 3.63) is 35.1 Å². The number of hydrogen-bond acceptors (Lipinski definition) is 2. The van der Waals surface area contributed by atoms with Gasteiger partial charge in [-0.15, -0.1) is 0 Å². The molecular weight excluding hydrogens is 294 g/mol. The van der Waals surface area contributed by atoms with Gasteiger partial charge in [-0.2, -0.15) is 0 Å². The van der Waals surface area contributed by atoms with Gasteiger partial charge < -0.3 is 10.6 Å². The van der Waals surface area contributed by atoms with E-state index in [1.165, 1.54) is 42.3 Å². The molecule has 138 valence electrons. The maximum Gasteiger partial charge on any atom is 0.111 e. The lowest BCUT2D eigenvalue weighted by atomic mass is 9.86. The van der Waals surface area contributed by atoms with Gasteiger partial charge in [-0.05, 0) is 56.9 Å². The topological polar surface area (TPSA) is 41.6 Å². The van der Waals surface area contributed by atoms with Crippen LogP contribution in [0.4, 0.5) is 0 Å². The zero-order valence-electron chi connectivity index (χ0n) is 17.0. The van der Waals surface area contributed by atoms with Gasteiger partial charge in [0.2, 0.25) is 0 Å². The van der Waals surface area contributed by atoms with Gasteiger partial charge in [0.25, 0.3) is 0 Å². The number of likely N-dealkylation sites (N-methyl/N-ethyl adjacent to an activating group) is 1. The van der Waals surface area contributed by atoms with Gasteiger partial charge in [0.1, 0.15) is 6.67 Å². The Balaban J connectivity index is 4.99. The number of nitrogens with zero attached hydrogens (tertiary/aromatic N) is 2. The minimum Gasteiger partial charge on any atom is -0.390 e. The highest BCUT2D eigenvalue weighted by atomic mass is 15.2. The van der Waals surface area contributed by atoms with E-state index < -0.39 is 0 Å². The van der Waals surface area contributed by atoms with Crippen LogP contribution >= 0.6 is 0 Å². The van der Waals surface area contributed by atoms with Gasteiger partial charge in [0, 0.05) is 12.7 Å². The van der Waals surface area contributed by atoms with Crippen molar-refractivity contribution in [1.29, 1.82) is 0 Å². The van der Waals surface area contributed by atoms with Crippen LogP contribution in [0.15, 0.2) is 40.1 Å². The Labute approximate surface area is 150 Å². The van der Waals surface area contributed by atoms with E-state index in [0.29, 0.717) is 18.5 Å². The summed E-state index contributed by atoms with van der Waals surface area (Å²) in [5, 5.41) is 0. The number of allylic oxidation sites excluding steroid dienone is 4. The van der Waals surface area contributed by atoms with E-state index in [2.05, 4.69) is 64.1 Å². The Morgan fingerprint density at radius 3 is 2.38 bits per heavy atom. The van der Waals surface area contributed by atoms with Crippen LogP contribution in [-0.2, 0) is 0 Å². The van der Waals surface area contributed by atoms with Crippen molar-refractivity contribution in [2.75, 3.05) is 13.7 Å². The zero-order valence-corrected chi connectivity index (χ0v) is 17.0. The van der Waals surface area contributed by atoms with Crippen LogP contribution in [0.5, 0.6) is 0 Å². The Bertz CT molecular complexity index is 469. The highest BCUT2D eigenvalue weighted by Crippen LogP contribution is 2.30. The maximum atomic E-state index is 5.36. The molecule has 0 fully saturated rings. The van der Waals surface area contributed by atoms with Crippen LogP contribution in [0.2, 0.25) is 0 Å². The van der Waals surface area contributed by atoms with Gasteiger partial charge in [-0.1, -0.05) is 51.5 Å².